The van der Waals surface area contributed by atoms with Crippen LogP contribution in [-0.4, -0.2) is 66.7 Å². The third kappa shape index (κ3) is 3.20. The third-order valence-electron chi connectivity index (χ3n) is 6.73. The van der Waals surface area contributed by atoms with E-state index in [1.54, 1.807) is 0 Å². The Kier molecular flexibility index (Phi) is 4.31. The van der Waals surface area contributed by atoms with Crippen molar-refractivity contribution in [2.24, 2.45) is 0 Å². The Morgan fingerprint density at radius 2 is 1.67 bits per heavy atom. The summed E-state index contributed by atoms with van der Waals surface area (Å²) in [7, 11) is 0. The van der Waals surface area contributed by atoms with E-state index in [-0.39, 0.29) is 30.7 Å². The SMILES string of the molecule is O=C1CO[C@H]2CCN(C(=O)N3CC(c4ccc(C5CCC5)cc4)C3)C[C@H]2N1. The van der Waals surface area contributed by atoms with E-state index in [0.717, 1.165) is 25.4 Å². The van der Waals surface area contributed by atoms with E-state index in [1.165, 1.54) is 30.4 Å². The Labute approximate surface area is 159 Å². The van der Waals surface area contributed by atoms with E-state index in [0.29, 0.717) is 19.0 Å². The Hall–Kier alpha value is -2.08. The summed E-state index contributed by atoms with van der Waals surface area (Å²) in [5.74, 6) is 1.13. The Bertz CT molecular complexity index is 725. The van der Waals surface area contributed by atoms with Crippen LogP contribution >= 0.6 is 0 Å². The lowest BCUT2D eigenvalue weighted by atomic mass is 9.79. The highest BCUT2D eigenvalue weighted by Gasteiger charge is 2.40. The van der Waals surface area contributed by atoms with Crippen molar-refractivity contribution in [1.29, 1.82) is 0 Å². The number of hydrogen-bond acceptors (Lipinski definition) is 3. The molecule has 4 aliphatic rings. The number of ether oxygens (including phenoxy) is 1. The van der Waals surface area contributed by atoms with E-state index in [4.69, 9.17) is 4.74 Å². The first kappa shape index (κ1) is 17.0. The molecule has 3 saturated heterocycles. The van der Waals surface area contributed by atoms with Gasteiger partial charge < -0.3 is 19.9 Å². The quantitative estimate of drug-likeness (QED) is 0.868. The molecule has 1 saturated carbocycles. The lowest BCUT2D eigenvalue weighted by Gasteiger charge is -2.46. The molecule has 5 rings (SSSR count). The van der Waals surface area contributed by atoms with Gasteiger partial charge in [0.05, 0.1) is 12.1 Å². The molecule has 4 fully saturated rings. The molecule has 27 heavy (non-hydrogen) atoms. The number of hydrogen-bond donors (Lipinski definition) is 1. The maximum absolute atomic E-state index is 12.8. The first-order valence-corrected chi connectivity index (χ1v) is 10.2. The zero-order chi connectivity index (χ0) is 18.4. The minimum atomic E-state index is -0.0834. The van der Waals surface area contributed by atoms with Gasteiger partial charge >= 0.3 is 6.03 Å². The minimum absolute atomic E-state index is 0.0464. The normalized spacial score (nSPS) is 28.8. The highest BCUT2D eigenvalue weighted by molar-refractivity contribution is 5.79. The highest BCUT2D eigenvalue weighted by atomic mass is 16.5. The average molecular weight is 369 g/mol. The Morgan fingerprint density at radius 3 is 2.33 bits per heavy atom. The molecule has 1 aliphatic carbocycles. The van der Waals surface area contributed by atoms with Crippen molar-refractivity contribution in [3.05, 3.63) is 35.4 Å². The number of carbonyl (C=O) groups excluding carboxylic acids is 2. The van der Waals surface area contributed by atoms with Gasteiger partial charge in [-0.15, -0.1) is 0 Å². The molecule has 0 aromatic heterocycles. The van der Waals surface area contributed by atoms with Gasteiger partial charge in [-0.1, -0.05) is 30.7 Å². The number of nitrogens with zero attached hydrogens (tertiary/aromatic N) is 2. The van der Waals surface area contributed by atoms with Crippen LogP contribution in [0, 0.1) is 0 Å². The summed E-state index contributed by atoms with van der Waals surface area (Å²) in [5.41, 5.74) is 2.81. The molecule has 3 amide bonds. The fourth-order valence-corrected chi connectivity index (χ4v) is 4.70. The predicted molar refractivity (Wildman–Crippen MR) is 101 cm³/mol. The lowest BCUT2D eigenvalue weighted by molar-refractivity contribution is -0.139. The smallest absolute Gasteiger partial charge is 0.320 e. The molecule has 0 unspecified atom stereocenters. The number of carbonyl (C=O) groups is 2. The number of amides is 3. The van der Waals surface area contributed by atoms with Crippen molar-refractivity contribution >= 4 is 11.9 Å². The van der Waals surface area contributed by atoms with Gasteiger partial charge in [0.25, 0.3) is 0 Å². The van der Waals surface area contributed by atoms with Crippen LogP contribution in [0.2, 0.25) is 0 Å². The maximum atomic E-state index is 12.8. The van der Waals surface area contributed by atoms with E-state index in [2.05, 4.69) is 29.6 Å². The van der Waals surface area contributed by atoms with Crippen LogP contribution in [0.15, 0.2) is 24.3 Å². The predicted octanol–water partition coefficient (Wildman–Crippen LogP) is 2.06. The summed E-state index contributed by atoms with van der Waals surface area (Å²) in [6.07, 6.45) is 4.85. The van der Waals surface area contributed by atoms with Gasteiger partial charge in [-0.2, -0.15) is 0 Å². The van der Waals surface area contributed by atoms with Crippen LogP contribution in [0.4, 0.5) is 4.79 Å². The molecular formula is C21H27N3O3. The molecule has 3 aliphatic heterocycles. The Morgan fingerprint density at radius 1 is 0.963 bits per heavy atom. The van der Waals surface area contributed by atoms with E-state index < -0.39 is 0 Å². The van der Waals surface area contributed by atoms with Crippen molar-refractivity contribution in [1.82, 2.24) is 15.1 Å². The van der Waals surface area contributed by atoms with Crippen molar-refractivity contribution in [2.75, 3.05) is 32.8 Å². The van der Waals surface area contributed by atoms with Crippen molar-refractivity contribution in [2.45, 2.75) is 49.7 Å². The molecule has 6 heteroatoms. The number of piperidine rings is 1. The van der Waals surface area contributed by atoms with Gasteiger partial charge in [-0.25, -0.2) is 4.79 Å². The van der Waals surface area contributed by atoms with Crippen LogP contribution in [0.5, 0.6) is 0 Å². The number of rotatable bonds is 2. The van der Waals surface area contributed by atoms with Gasteiger partial charge in [-0.05, 0) is 36.3 Å². The summed E-state index contributed by atoms with van der Waals surface area (Å²) in [6.45, 7) is 2.96. The third-order valence-corrected chi connectivity index (χ3v) is 6.73. The van der Waals surface area contributed by atoms with E-state index in [9.17, 15) is 9.59 Å². The monoisotopic (exact) mass is 369 g/mol. The van der Waals surface area contributed by atoms with E-state index in [1.807, 2.05) is 9.80 Å². The molecule has 6 nitrogen and oxygen atoms in total. The maximum Gasteiger partial charge on any atom is 0.320 e. The molecule has 0 radical (unpaired) electrons. The highest BCUT2D eigenvalue weighted by Crippen LogP contribution is 2.37. The molecule has 0 bridgehead atoms. The molecule has 0 spiro atoms. The number of benzene rings is 1. The second-order valence-corrected chi connectivity index (χ2v) is 8.44. The van der Waals surface area contributed by atoms with Crippen molar-refractivity contribution < 1.29 is 14.3 Å². The van der Waals surface area contributed by atoms with Gasteiger partial charge in [0.1, 0.15) is 6.61 Å². The largest absolute Gasteiger partial charge is 0.366 e. The summed E-state index contributed by atoms with van der Waals surface area (Å²) in [6, 6.07) is 9.08. The number of nitrogens with one attached hydrogen (secondary N) is 1. The van der Waals surface area contributed by atoms with Crippen molar-refractivity contribution in [3.8, 4) is 0 Å². The molecule has 3 heterocycles. The standard InChI is InChI=1S/C21H27N3O3/c25-20-13-27-19-8-9-23(12-18(19)22-20)21(26)24-10-17(11-24)16-6-4-15(5-7-16)14-2-1-3-14/h4-7,14,17-19H,1-3,8-13H2,(H,22,25)/t18-,19+/m1/s1. The van der Waals surface area contributed by atoms with Crippen LogP contribution < -0.4 is 5.32 Å². The van der Waals surface area contributed by atoms with Gasteiger partial charge in [0.2, 0.25) is 5.91 Å². The zero-order valence-corrected chi connectivity index (χ0v) is 15.6. The number of fused-ring (bicyclic) bond motifs is 1. The number of urea groups is 1. The summed E-state index contributed by atoms with van der Waals surface area (Å²) < 4.78 is 5.57. The number of morpholine rings is 1. The molecule has 1 aromatic carbocycles. The van der Waals surface area contributed by atoms with Crippen LogP contribution in [-0.2, 0) is 9.53 Å². The summed E-state index contributed by atoms with van der Waals surface area (Å²) in [4.78, 5) is 28.1. The van der Waals surface area contributed by atoms with Crippen LogP contribution in [0.3, 0.4) is 0 Å². The molecule has 1 N–H and O–H groups in total. The second-order valence-electron chi connectivity index (χ2n) is 8.44. The minimum Gasteiger partial charge on any atom is -0.366 e. The Balaban J connectivity index is 1.15. The lowest BCUT2D eigenvalue weighted by Crippen LogP contribution is -2.63. The zero-order valence-electron chi connectivity index (χ0n) is 15.6. The summed E-state index contributed by atoms with van der Waals surface area (Å²) in [5, 5.41) is 2.96. The van der Waals surface area contributed by atoms with Crippen molar-refractivity contribution in [3.63, 3.8) is 0 Å². The van der Waals surface area contributed by atoms with Crippen LogP contribution in [0.1, 0.15) is 48.6 Å². The van der Waals surface area contributed by atoms with Gasteiger partial charge in [-0.3, -0.25) is 4.79 Å². The molecule has 144 valence electrons. The fraction of sp³-hybridized carbons (Fsp3) is 0.619. The molecular weight excluding hydrogens is 342 g/mol. The van der Waals surface area contributed by atoms with E-state index >= 15 is 0 Å². The average Bonchev–Trinajstić information content (AvgIpc) is 2.59. The topological polar surface area (TPSA) is 61.9 Å². The van der Waals surface area contributed by atoms with Gasteiger partial charge in [0, 0.05) is 32.1 Å². The first-order valence-electron chi connectivity index (χ1n) is 10.2. The van der Waals surface area contributed by atoms with Crippen LogP contribution in [0.25, 0.3) is 0 Å². The molecule has 2 atom stereocenters. The van der Waals surface area contributed by atoms with Gasteiger partial charge in [0.15, 0.2) is 0 Å². The first-order chi connectivity index (χ1) is 13.2. The second kappa shape index (κ2) is 6.82. The fourth-order valence-electron chi connectivity index (χ4n) is 4.70. The number of likely N-dealkylation sites (tertiary alicyclic amines) is 2. The molecule has 1 aromatic rings. The summed E-state index contributed by atoms with van der Waals surface area (Å²) >= 11 is 0.